The molecule has 2 rings (SSSR count). The highest BCUT2D eigenvalue weighted by atomic mass is 79.9. The summed E-state index contributed by atoms with van der Waals surface area (Å²) < 4.78 is 0.917. The Bertz CT molecular complexity index is 346. The van der Waals surface area contributed by atoms with E-state index in [1.807, 2.05) is 5.01 Å². The number of nitrogens with zero attached hydrogens (tertiary/aromatic N) is 3. The van der Waals surface area contributed by atoms with Gasteiger partial charge < -0.3 is 0 Å². The normalized spacial score (nSPS) is 25.9. The van der Waals surface area contributed by atoms with Crippen LogP contribution in [0.2, 0.25) is 0 Å². The molecule has 2 aliphatic heterocycles. The van der Waals surface area contributed by atoms with Gasteiger partial charge in [-0.25, -0.2) is 5.01 Å². The predicted molar refractivity (Wildman–Crippen MR) is 63.1 cm³/mol. The Kier molecular flexibility index (Phi) is 2.66. The van der Waals surface area contributed by atoms with E-state index in [4.69, 9.17) is 11.6 Å². The molecular weight excluding hydrogens is 265 g/mol. The summed E-state index contributed by atoms with van der Waals surface area (Å²) in [7, 11) is 0. The van der Waals surface area contributed by atoms with Crippen LogP contribution in [0.5, 0.6) is 0 Å². The van der Waals surface area contributed by atoms with Crippen molar-refractivity contribution in [2.45, 2.75) is 19.9 Å². The first kappa shape index (κ1) is 10.2. The molecule has 1 atom stereocenters. The van der Waals surface area contributed by atoms with Crippen molar-refractivity contribution in [3.63, 3.8) is 0 Å². The Morgan fingerprint density at radius 3 is 3.00 bits per heavy atom. The van der Waals surface area contributed by atoms with Gasteiger partial charge in [-0.2, -0.15) is 5.10 Å². The minimum Gasteiger partial charge on any atom is -0.264 e. The van der Waals surface area contributed by atoms with Crippen molar-refractivity contribution >= 4 is 38.5 Å². The van der Waals surface area contributed by atoms with Crippen LogP contribution in [0.25, 0.3) is 0 Å². The highest BCUT2D eigenvalue weighted by molar-refractivity contribution is 9.12. The molecule has 76 valence electrons. The summed E-state index contributed by atoms with van der Waals surface area (Å²) in [6.45, 7) is 5.13. The second kappa shape index (κ2) is 3.66. The molecule has 0 fully saturated rings. The second-order valence-corrected chi connectivity index (χ2v) is 4.98. The first-order valence-corrected chi connectivity index (χ1v) is 5.72. The number of hydrazone groups is 1. The molecule has 3 nitrogen and oxygen atoms in total. The van der Waals surface area contributed by atoms with Crippen LogP contribution in [-0.2, 0) is 0 Å². The summed E-state index contributed by atoms with van der Waals surface area (Å²) in [5.74, 6) is 1.41. The molecule has 0 spiro atoms. The van der Waals surface area contributed by atoms with Gasteiger partial charge in [0.15, 0.2) is 11.0 Å². The van der Waals surface area contributed by atoms with Gasteiger partial charge in [-0.05, 0) is 27.9 Å². The molecule has 0 saturated carbocycles. The van der Waals surface area contributed by atoms with Crippen LogP contribution in [-0.4, -0.2) is 28.6 Å². The lowest BCUT2D eigenvalue weighted by Crippen LogP contribution is -2.38. The van der Waals surface area contributed by atoms with Crippen molar-refractivity contribution < 1.29 is 0 Å². The van der Waals surface area contributed by atoms with Crippen molar-refractivity contribution in [2.75, 3.05) is 6.54 Å². The lowest BCUT2D eigenvalue weighted by atomic mass is 10.1. The van der Waals surface area contributed by atoms with Gasteiger partial charge in [-0.1, -0.05) is 25.4 Å². The van der Waals surface area contributed by atoms with Gasteiger partial charge in [0.05, 0.1) is 17.1 Å². The summed E-state index contributed by atoms with van der Waals surface area (Å²) in [6, 6.07) is 0.333. The Labute approximate surface area is 96.6 Å². The molecule has 0 amide bonds. The quantitative estimate of drug-likeness (QED) is 0.723. The highest BCUT2D eigenvalue weighted by Crippen LogP contribution is 2.27. The van der Waals surface area contributed by atoms with Crippen LogP contribution >= 0.6 is 27.5 Å². The van der Waals surface area contributed by atoms with E-state index in [1.54, 1.807) is 6.08 Å². The van der Waals surface area contributed by atoms with Crippen molar-refractivity contribution in [1.82, 2.24) is 5.01 Å². The zero-order valence-corrected chi connectivity index (χ0v) is 10.4. The minimum atomic E-state index is 0.333. The van der Waals surface area contributed by atoms with Gasteiger partial charge in [0, 0.05) is 0 Å². The maximum atomic E-state index is 5.90. The zero-order chi connectivity index (χ0) is 10.3. The monoisotopic (exact) mass is 275 g/mol. The maximum absolute atomic E-state index is 5.90. The lowest BCUT2D eigenvalue weighted by Gasteiger charge is -2.27. The number of hydrogen-bond donors (Lipinski definition) is 0. The van der Waals surface area contributed by atoms with E-state index in [9.17, 15) is 0 Å². The van der Waals surface area contributed by atoms with E-state index in [0.29, 0.717) is 17.1 Å². The fourth-order valence-corrected chi connectivity index (χ4v) is 2.43. The highest BCUT2D eigenvalue weighted by Gasteiger charge is 2.33. The number of rotatable bonds is 1. The van der Waals surface area contributed by atoms with Crippen LogP contribution in [0.15, 0.2) is 20.7 Å². The summed E-state index contributed by atoms with van der Waals surface area (Å²) in [6.07, 6.45) is 1.78. The number of allylic oxidation sites excluding steroid dienone is 1. The molecule has 0 saturated heterocycles. The smallest absolute Gasteiger partial charge is 0.159 e. The number of halogens is 2. The fraction of sp³-hybridized carbons (Fsp3) is 0.556. The van der Waals surface area contributed by atoms with Crippen molar-refractivity contribution in [3.8, 4) is 0 Å². The van der Waals surface area contributed by atoms with Crippen LogP contribution in [0.1, 0.15) is 13.8 Å². The van der Waals surface area contributed by atoms with E-state index in [1.165, 1.54) is 0 Å². The molecule has 0 N–H and O–H groups in total. The summed E-state index contributed by atoms with van der Waals surface area (Å²) >= 11 is 9.33. The SMILES string of the molecule is CC(C)C1CN=C2C(Br)=CC(Cl)=NN21. The summed E-state index contributed by atoms with van der Waals surface area (Å²) in [4.78, 5) is 4.44. The van der Waals surface area contributed by atoms with Gasteiger partial charge >= 0.3 is 0 Å². The van der Waals surface area contributed by atoms with Crippen LogP contribution in [0, 0.1) is 5.92 Å². The van der Waals surface area contributed by atoms with Crippen LogP contribution < -0.4 is 0 Å². The fourth-order valence-electron chi connectivity index (χ4n) is 1.59. The first-order chi connectivity index (χ1) is 6.59. The Morgan fingerprint density at radius 2 is 2.36 bits per heavy atom. The molecule has 2 aliphatic rings. The number of aliphatic imine (C=N–C) groups is 1. The van der Waals surface area contributed by atoms with E-state index in [-0.39, 0.29) is 0 Å². The average Bonchev–Trinajstić information content (AvgIpc) is 2.47. The summed E-state index contributed by atoms with van der Waals surface area (Å²) in [5.41, 5.74) is 0. The van der Waals surface area contributed by atoms with Gasteiger partial charge in [-0.15, -0.1) is 0 Å². The third-order valence-corrected chi connectivity index (χ3v) is 3.16. The van der Waals surface area contributed by atoms with Gasteiger partial charge in [0.1, 0.15) is 0 Å². The van der Waals surface area contributed by atoms with Crippen molar-refractivity contribution in [1.29, 1.82) is 0 Å². The predicted octanol–water partition coefficient (Wildman–Crippen LogP) is 2.57. The largest absolute Gasteiger partial charge is 0.264 e. The standard InChI is InChI=1S/C9H11BrClN3/c1-5(2)7-4-12-9-6(10)3-8(11)13-14(7)9/h3,5,7H,4H2,1-2H3. The molecule has 14 heavy (non-hydrogen) atoms. The summed E-state index contributed by atoms with van der Waals surface area (Å²) in [5, 5.41) is 6.69. The third kappa shape index (κ3) is 1.61. The van der Waals surface area contributed by atoms with Crippen molar-refractivity contribution in [2.24, 2.45) is 16.0 Å². The minimum absolute atomic E-state index is 0.333. The Morgan fingerprint density at radius 1 is 1.64 bits per heavy atom. The number of amidine groups is 1. The van der Waals surface area contributed by atoms with Gasteiger partial charge in [-0.3, -0.25) is 4.99 Å². The maximum Gasteiger partial charge on any atom is 0.159 e. The van der Waals surface area contributed by atoms with E-state index in [2.05, 4.69) is 39.9 Å². The van der Waals surface area contributed by atoms with E-state index < -0.39 is 0 Å². The molecule has 5 heteroatoms. The lowest BCUT2D eigenvalue weighted by molar-refractivity contribution is 0.287. The molecule has 0 aromatic rings. The average molecular weight is 277 g/mol. The van der Waals surface area contributed by atoms with Crippen LogP contribution in [0.3, 0.4) is 0 Å². The molecular formula is C9H11BrClN3. The molecule has 0 radical (unpaired) electrons. The molecule has 0 bridgehead atoms. The van der Waals surface area contributed by atoms with Crippen molar-refractivity contribution in [3.05, 3.63) is 10.6 Å². The number of hydrogen-bond acceptors (Lipinski definition) is 3. The first-order valence-electron chi connectivity index (χ1n) is 4.55. The second-order valence-electron chi connectivity index (χ2n) is 3.74. The Hall–Kier alpha value is -0.350. The molecule has 1 unspecified atom stereocenters. The third-order valence-electron chi connectivity index (χ3n) is 2.39. The molecule has 0 aliphatic carbocycles. The zero-order valence-electron chi connectivity index (χ0n) is 8.04. The van der Waals surface area contributed by atoms with E-state index in [0.717, 1.165) is 16.9 Å². The van der Waals surface area contributed by atoms with Gasteiger partial charge in [0.25, 0.3) is 0 Å². The molecule has 2 heterocycles. The molecule has 0 aromatic heterocycles. The van der Waals surface area contributed by atoms with E-state index >= 15 is 0 Å². The number of fused-ring (bicyclic) bond motifs is 1. The Balaban J connectivity index is 2.30. The topological polar surface area (TPSA) is 28.0 Å². The molecule has 0 aromatic carbocycles. The van der Waals surface area contributed by atoms with Gasteiger partial charge in [0.2, 0.25) is 0 Å². The van der Waals surface area contributed by atoms with Crippen LogP contribution in [0.4, 0.5) is 0 Å².